The number of rotatable bonds is 4. The Morgan fingerprint density at radius 1 is 1.12 bits per heavy atom. The van der Waals surface area contributed by atoms with Crippen LogP contribution in [-0.4, -0.2) is 49.6 Å². The SMILES string of the molecule is Cl.O=C(NCC(=O)N1C[C@H]2CNC[C@H]2C1)NCc1ccc(Cl)cc1. The number of fused-ring (bicyclic) bond motifs is 1. The molecule has 8 heteroatoms. The summed E-state index contributed by atoms with van der Waals surface area (Å²) in [7, 11) is 0. The summed E-state index contributed by atoms with van der Waals surface area (Å²) in [5.74, 6) is 1.12. The highest BCUT2D eigenvalue weighted by atomic mass is 35.5. The molecule has 0 saturated carbocycles. The fourth-order valence-electron chi connectivity index (χ4n) is 3.17. The van der Waals surface area contributed by atoms with Gasteiger partial charge >= 0.3 is 6.03 Å². The Bertz CT molecular complexity index is 570. The van der Waals surface area contributed by atoms with E-state index in [1.807, 2.05) is 17.0 Å². The first-order valence-corrected chi connectivity index (χ1v) is 8.24. The lowest BCUT2D eigenvalue weighted by atomic mass is 10.0. The van der Waals surface area contributed by atoms with Crippen LogP contribution in [0.25, 0.3) is 0 Å². The van der Waals surface area contributed by atoms with E-state index in [0.29, 0.717) is 23.4 Å². The Labute approximate surface area is 152 Å². The van der Waals surface area contributed by atoms with Crippen molar-refractivity contribution in [2.24, 2.45) is 11.8 Å². The lowest BCUT2D eigenvalue weighted by Gasteiger charge is -2.18. The molecule has 24 heavy (non-hydrogen) atoms. The molecule has 2 atom stereocenters. The zero-order valence-corrected chi connectivity index (χ0v) is 14.8. The molecule has 132 valence electrons. The van der Waals surface area contributed by atoms with Crippen molar-refractivity contribution in [1.29, 1.82) is 0 Å². The highest BCUT2D eigenvalue weighted by molar-refractivity contribution is 6.30. The normalized spacial score (nSPS) is 21.8. The number of likely N-dealkylation sites (tertiary alicyclic amines) is 1. The largest absolute Gasteiger partial charge is 0.340 e. The van der Waals surface area contributed by atoms with Gasteiger partial charge in [0.25, 0.3) is 0 Å². The fraction of sp³-hybridized carbons (Fsp3) is 0.500. The summed E-state index contributed by atoms with van der Waals surface area (Å²) >= 11 is 5.81. The number of carbonyl (C=O) groups is 2. The van der Waals surface area contributed by atoms with Gasteiger partial charge in [0.05, 0.1) is 6.54 Å². The second-order valence-corrected chi connectivity index (χ2v) is 6.58. The molecule has 2 saturated heterocycles. The topological polar surface area (TPSA) is 73.5 Å². The number of halogens is 2. The summed E-state index contributed by atoms with van der Waals surface area (Å²) in [6.45, 7) is 4.01. The zero-order valence-electron chi connectivity index (χ0n) is 13.3. The minimum Gasteiger partial charge on any atom is -0.340 e. The van der Waals surface area contributed by atoms with Crippen LogP contribution in [0.2, 0.25) is 5.02 Å². The number of nitrogens with one attached hydrogen (secondary N) is 3. The van der Waals surface area contributed by atoms with Crippen molar-refractivity contribution in [2.75, 3.05) is 32.7 Å². The van der Waals surface area contributed by atoms with Gasteiger partial charge in [-0.25, -0.2) is 4.79 Å². The van der Waals surface area contributed by atoms with E-state index in [1.165, 1.54) is 0 Å². The zero-order chi connectivity index (χ0) is 16.2. The first kappa shape index (κ1) is 18.8. The molecular weight excluding hydrogens is 351 g/mol. The lowest BCUT2D eigenvalue weighted by molar-refractivity contribution is -0.129. The molecule has 6 nitrogen and oxygen atoms in total. The second kappa shape index (κ2) is 8.55. The average molecular weight is 373 g/mol. The average Bonchev–Trinajstić information content (AvgIpc) is 3.13. The van der Waals surface area contributed by atoms with Crippen LogP contribution in [0.15, 0.2) is 24.3 Å². The summed E-state index contributed by atoms with van der Waals surface area (Å²) in [4.78, 5) is 25.8. The highest BCUT2D eigenvalue weighted by Gasteiger charge is 2.37. The van der Waals surface area contributed by atoms with Gasteiger partial charge in [-0.15, -0.1) is 12.4 Å². The molecule has 0 aliphatic carbocycles. The van der Waals surface area contributed by atoms with E-state index in [9.17, 15) is 9.59 Å². The van der Waals surface area contributed by atoms with Crippen molar-refractivity contribution in [3.8, 4) is 0 Å². The standard InChI is InChI=1S/C16H21ClN4O2.ClH/c17-14-3-1-11(2-4-14)5-19-16(23)20-8-15(22)21-9-12-6-18-7-13(12)10-21;/h1-4,12-13,18H,5-10H2,(H2,19,20,23);1H/t12-,13+;. The molecule has 3 N–H and O–H groups in total. The Morgan fingerprint density at radius 3 is 2.38 bits per heavy atom. The summed E-state index contributed by atoms with van der Waals surface area (Å²) in [5, 5.41) is 9.36. The molecule has 2 heterocycles. The number of nitrogens with zero attached hydrogens (tertiary/aromatic N) is 1. The van der Waals surface area contributed by atoms with Crippen LogP contribution in [0.1, 0.15) is 5.56 Å². The molecule has 2 aliphatic heterocycles. The van der Waals surface area contributed by atoms with Gasteiger partial charge in [-0.3, -0.25) is 4.79 Å². The number of amides is 3. The smallest absolute Gasteiger partial charge is 0.315 e. The number of carbonyl (C=O) groups excluding carboxylic acids is 2. The summed E-state index contributed by atoms with van der Waals surface area (Å²) in [6, 6.07) is 6.92. The Balaban J connectivity index is 0.00000208. The monoisotopic (exact) mass is 372 g/mol. The molecule has 0 spiro atoms. The van der Waals surface area contributed by atoms with Crippen molar-refractivity contribution < 1.29 is 9.59 Å². The quantitative estimate of drug-likeness (QED) is 0.744. The molecule has 0 unspecified atom stereocenters. The van der Waals surface area contributed by atoms with Crippen molar-refractivity contribution >= 4 is 35.9 Å². The van der Waals surface area contributed by atoms with Crippen molar-refractivity contribution in [2.45, 2.75) is 6.54 Å². The first-order valence-electron chi connectivity index (χ1n) is 7.86. The van der Waals surface area contributed by atoms with Gasteiger partial charge in [-0.1, -0.05) is 23.7 Å². The number of benzene rings is 1. The summed E-state index contributed by atoms with van der Waals surface area (Å²) in [6.07, 6.45) is 0. The van der Waals surface area contributed by atoms with Gasteiger partial charge in [0.1, 0.15) is 0 Å². The van der Waals surface area contributed by atoms with Gasteiger partial charge < -0.3 is 20.9 Å². The second-order valence-electron chi connectivity index (χ2n) is 6.14. The Morgan fingerprint density at radius 2 is 1.75 bits per heavy atom. The number of hydrogen-bond acceptors (Lipinski definition) is 3. The van der Waals surface area contributed by atoms with Crippen LogP contribution in [0.4, 0.5) is 4.79 Å². The van der Waals surface area contributed by atoms with E-state index in [1.54, 1.807) is 12.1 Å². The lowest BCUT2D eigenvalue weighted by Crippen LogP contribution is -2.43. The predicted octanol–water partition coefficient (Wildman–Crippen LogP) is 1.24. The van der Waals surface area contributed by atoms with Gasteiger partial charge in [-0.2, -0.15) is 0 Å². The van der Waals surface area contributed by atoms with E-state index >= 15 is 0 Å². The molecule has 2 fully saturated rings. The van der Waals surface area contributed by atoms with Crippen molar-refractivity contribution in [3.05, 3.63) is 34.9 Å². The molecular formula is C16H22Cl2N4O2. The van der Waals surface area contributed by atoms with Gasteiger partial charge in [0, 0.05) is 37.7 Å². The summed E-state index contributed by atoms with van der Waals surface area (Å²) in [5.41, 5.74) is 0.954. The van der Waals surface area contributed by atoms with E-state index in [2.05, 4.69) is 16.0 Å². The molecule has 0 radical (unpaired) electrons. The number of urea groups is 1. The maximum Gasteiger partial charge on any atom is 0.315 e. The van der Waals surface area contributed by atoms with Crippen molar-refractivity contribution in [1.82, 2.24) is 20.9 Å². The molecule has 2 aliphatic rings. The first-order chi connectivity index (χ1) is 11.1. The maximum absolute atomic E-state index is 12.1. The minimum absolute atomic E-state index is 0. The van der Waals surface area contributed by atoms with Crippen LogP contribution in [-0.2, 0) is 11.3 Å². The van der Waals surface area contributed by atoms with Crippen LogP contribution in [0.3, 0.4) is 0 Å². The molecule has 1 aromatic carbocycles. The summed E-state index contributed by atoms with van der Waals surface area (Å²) < 4.78 is 0. The number of hydrogen-bond donors (Lipinski definition) is 3. The van der Waals surface area contributed by atoms with Crippen LogP contribution >= 0.6 is 24.0 Å². The predicted molar refractivity (Wildman–Crippen MR) is 95.4 cm³/mol. The van der Waals surface area contributed by atoms with Crippen molar-refractivity contribution in [3.63, 3.8) is 0 Å². The molecule has 0 aromatic heterocycles. The van der Waals surface area contributed by atoms with E-state index in [-0.39, 0.29) is 30.9 Å². The minimum atomic E-state index is -0.339. The van der Waals surface area contributed by atoms with E-state index in [0.717, 1.165) is 31.7 Å². The van der Waals surface area contributed by atoms with Crippen LogP contribution in [0.5, 0.6) is 0 Å². The maximum atomic E-state index is 12.1. The third kappa shape index (κ3) is 4.75. The fourth-order valence-corrected chi connectivity index (χ4v) is 3.30. The highest BCUT2D eigenvalue weighted by Crippen LogP contribution is 2.25. The molecule has 3 rings (SSSR count). The Hall–Kier alpha value is -1.50. The molecule has 3 amide bonds. The Kier molecular flexibility index (Phi) is 6.71. The molecule has 1 aromatic rings. The van der Waals surface area contributed by atoms with Gasteiger partial charge in [0.15, 0.2) is 0 Å². The van der Waals surface area contributed by atoms with Crippen LogP contribution in [0, 0.1) is 11.8 Å². The van der Waals surface area contributed by atoms with Crippen LogP contribution < -0.4 is 16.0 Å². The van der Waals surface area contributed by atoms with E-state index < -0.39 is 0 Å². The van der Waals surface area contributed by atoms with E-state index in [4.69, 9.17) is 11.6 Å². The third-order valence-corrected chi connectivity index (χ3v) is 4.76. The molecule has 0 bridgehead atoms. The van der Waals surface area contributed by atoms with Gasteiger partial charge in [0.2, 0.25) is 5.91 Å². The van der Waals surface area contributed by atoms with Gasteiger partial charge in [-0.05, 0) is 29.5 Å². The third-order valence-electron chi connectivity index (χ3n) is 4.51.